The molecule has 6 nitrogen and oxygen atoms in total. The van der Waals surface area contributed by atoms with Crippen LogP contribution in [-0.4, -0.2) is 47.6 Å². The summed E-state index contributed by atoms with van der Waals surface area (Å²) in [6, 6.07) is 9.93. The van der Waals surface area contributed by atoms with Crippen LogP contribution in [0.3, 0.4) is 0 Å². The molecule has 0 aliphatic carbocycles. The molecule has 0 atom stereocenters. The van der Waals surface area contributed by atoms with Gasteiger partial charge < -0.3 is 15.0 Å². The van der Waals surface area contributed by atoms with Crippen molar-refractivity contribution in [2.24, 2.45) is 0 Å². The number of nitrogens with zero attached hydrogens (tertiary/aromatic N) is 2. The van der Waals surface area contributed by atoms with Crippen LogP contribution in [0.2, 0.25) is 0 Å². The van der Waals surface area contributed by atoms with E-state index in [0.29, 0.717) is 24.6 Å². The molecule has 2 heterocycles. The van der Waals surface area contributed by atoms with Crippen LogP contribution >= 0.6 is 11.3 Å². The Morgan fingerprint density at radius 3 is 2.62 bits per heavy atom. The topological polar surface area (TPSA) is 71.5 Å². The van der Waals surface area contributed by atoms with Crippen molar-refractivity contribution in [3.05, 3.63) is 40.9 Å². The number of benzene rings is 1. The molecule has 1 saturated heterocycles. The zero-order valence-electron chi connectivity index (χ0n) is 15.0. The van der Waals surface area contributed by atoms with Crippen LogP contribution in [0.25, 0.3) is 10.6 Å². The molecular formula is C19H23N3O3S. The van der Waals surface area contributed by atoms with Gasteiger partial charge >= 0.3 is 6.09 Å². The molecule has 0 bridgehead atoms. The smallest absolute Gasteiger partial charge is 0.409 e. The summed E-state index contributed by atoms with van der Waals surface area (Å²) in [7, 11) is 0. The maximum absolute atomic E-state index is 12.7. The fourth-order valence-corrected chi connectivity index (χ4v) is 3.96. The number of carbonyl (C=O) groups excluding carboxylic acids is 2. The van der Waals surface area contributed by atoms with Crippen LogP contribution in [-0.2, 0) is 4.74 Å². The first kappa shape index (κ1) is 18.4. The molecule has 7 heteroatoms. The Labute approximate surface area is 157 Å². The van der Waals surface area contributed by atoms with Crippen LogP contribution in [0.5, 0.6) is 0 Å². The second-order valence-electron chi connectivity index (χ2n) is 6.23. The number of hydrogen-bond acceptors (Lipinski definition) is 5. The highest BCUT2D eigenvalue weighted by Crippen LogP contribution is 2.28. The molecule has 1 aliphatic heterocycles. The molecule has 26 heavy (non-hydrogen) atoms. The highest BCUT2D eigenvalue weighted by molar-refractivity contribution is 7.17. The summed E-state index contributed by atoms with van der Waals surface area (Å²) in [4.78, 5) is 31.3. The third-order valence-corrected chi connectivity index (χ3v) is 5.59. The Balaban J connectivity index is 1.59. The number of hydrogen-bond donors (Lipinski definition) is 1. The first-order chi connectivity index (χ1) is 12.6. The van der Waals surface area contributed by atoms with Crippen molar-refractivity contribution in [3.63, 3.8) is 0 Å². The van der Waals surface area contributed by atoms with E-state index in [2.05, 4.69) is 10.3 Å². The number of thiazole rings is 1. The Bertz CT molecular complexity index is 768. The molecule has 2 amide bonds. The van der Waals surface area contributed by atoms with E-state index in [-0.39, 0.29) is 18.0 Å². The molecule has 1 aromatic carbocycles. The largest absolute Gasteiger partial charge is 0.450 e. The lowest BCUT2D eigenvalue weighted by molar-refractivity contribution is 0.0862. The van der Waals surface area contributed by atoms with Crippen molar-refractivity contribution in [3.8, 4) is 10.6 Å². The highest BCUT2D eigenvalue weighted by atomic mass is 32.1. The van der Waals surface area contributed by atoms with Gasteiger partial charge in [0.25, 0.3) is 5.91 Å². The van der Waals surface area contributed by atoms with E-state index in [0.717, 1.165) is 29.1 Å². The van der Waals surface area contributed by atoms with Gasteiger partial charge in [-0.2, -0.15) is 0 Å². The number of amides is 2. The summed E-state index contributed by atoms with van der Waals surface area (Å²) in [6.45, 7) is 5.23. The third kappa shape index (κ3) is 4.22. The maximum atomic E-state index is 12.7. The van der Waals surface area contributed by atoms with Crippen molar-refractivity contribution in [2.75, 3.05) is 19.7 Å². The average Bonchev–Trinajstić information content (AvgIpc) is 3.05. The molecule has 1 aromatic heterocycles. The lowest BCUT2D eigenvalue weighted by Gasteiger charge is -2.31. The van der Waals surface area contributed by atoms with E-state index < -0.39 is 0 Å². The summed E-state index contributed by atoms with van der Waals surface area (Å²) >= 11 is 1.41. The SMILES string of the molecule is CCOC(=O)N1CCC(NC(=O)c2sc(-c3ccccc3)nc2C)CC1. The summed E-state index contributed by atoms with van der Waals surface area (Å²) in [5.74, 6) is -0.0863. The van der Waals surface area contributed by atoms with Gasteiger partial charge in [0.15, 0.2) is 0 Å². The number of rotatable bonds is 4. The number of aryl methyl sites for hydroxylation is 1. The van der Waals surface area contributed by atoms with Crippen molar-refractivity contribution in [1.82, 2.24) is 15.2 Å². The van der Waals surface area contributed by atoms with Gasteiger partial charge in [-0.05, 0) is 26.7 Å². The molecule has 0 saturated carbocycles. The van der Waals surface area contributed by atoms with Gasteiger partial charge in [0, 0.05) is 24.7 Å². The van der Waals surface area contributed by atoms with E-state index in [1.165, 1.54) is 11.3 Å². The van der Waals surface area contributed by atoms with E-state index >= 15 is 0 Å². The number of nitrogens with one attached hydrogen (secondary N) is 1. The van der Waals surface area contributed by atoms with Crippen molar-refractivity contribution >= 4 is 23.3 Å². The van der Waals surface area contributed by atoms with Crippen LogP contribution in [0.1, 0.15) is 35.1 Å². The fraction of sp³-hybridized carbons (Fsp3) is 0.421. The van der Waals surface area contributed by atoms with Gasteiger partial charge in [0.2, 0.25) is 0 Å². The third-order valence-electron chi connectivity index (χ3n) is 4.38. The zero-order valence-corrected chi connectivity index (χ0v) is 15.8. The Morgan fingerprint density at radius 1 is 1.27 bits per heavy atom. The van der Waals surface area contributed by atoms with Gasteiger partial charge in [-0.25, -0.2) is 9.78 Å². The van der Waals surface area contributed by atoms with Gasteiger partial charge in [0.05, 0.1) is 12.3 Å². The molecule has 2 aromatic rings. The van der Waals surface area contributed by atoms with E-state index in [9.17, 15) is 9.59 Å². The van der Waals surface area contributed by atoms with E-state index in [4.69, 9.17) is 4.74 Å². The number of ether oxygens (including phenoxy) is 1. The minimum atomic E-state index is -0.275. The van der Waals surface area contributed by atoms with Gasteiger partial charge in [-0.1, -0.05) is 30.3 Å². The maximum Gasteiger partial charge on any atom is 0.409 e. The normalized spacial score (nSPS) is 14.9. The summed E-state index contributed by atoms with van der Waals surface area (Å²) in [5, 5.41) is 3.94. The Hall–Kier alpha value is -2.41. The first-order valence-corrected chi connectivity index (χ1v) is 9.65. The van der Waals surface area contributed by atoms with Crippen molar-refractivity contribution in [1.29, 1.82) is 0 Å². The van der Waals surface area contributed by atoms with Crippen LogP contribution < -0.4 is 5.32 Å². The summed E-state index contributed by atoms with van der Waals surface area (Å²) in [6.07, 6.45) is 1.19. The number of carbonyl (C=O) groups is 2. The predicted octanol–water partition coefficient (Wildman–Crippen LogP) is 3.47. The lowest BCUT2D eigenvalue weighted by atomic mass is 10.1. The Kier molecular flexibility index (Phi) is 5.88. The minimum absolute atomic E-state index is 0.0647. The second kappa shape index (κ2) is 8.31. The van der Waals surface area contributed by atoms with Gasteiger partial charge in [0.1, 0.15) is 9.88 Å². The van der Waals surface area contributed by atoms with Crippen molar-refractivity contribution in [2.45, 2.75) is 32.7 Å². The molecule has 0 radical (unpaired) electrons. The first-order valence-electron chi connectivity index (χ1n) is 8.84. The molecule has 138 valence electrons. The molecule has 1 fully saturated rings. The molecule has 1 N–H and O–H groups in total. The average molecular weight is 373 g/mol. The van der Waals surface area contributed by atoms with Crippen LogP contribution in [0.15, 0.2) is 30.3 Å². The van der Waals surface area contributed by atoms with Gasteiger partial charge in [-0.15, -0.1) is 11.3 Å². The number of likely N-dealkylation sites (tertiary alicyclic amines) is 1. The van der Waals surface area contributed by atoms with Crippen molar-refractivity contribution < 1.29 is 14.3 Å². The fourth-order valence-electron chi connectivity index (χ4n) is 2.98. The van der Waals surface area contributed by atoms with Crippen LogP contribution in [0, 0.1) is 6.92 Å². The molecule has 0 unspecified atom stereocenters. The minimum Gasteiger partial charge on any atom is -0.450 e. The highest BCUT2D eigenvalue weighted by Gasteiger charge is 2.26. The Morgan fingerprint density at radius 2 is 1.96 bits per heavy atom. The summed E-state index contributed by atoms with van der Waals surface area (Å²) in [5.41, 5.74) is 1.76. The van der Waals surface area contributed by atoms with Crippen LogP contribution in [0.4, 0.5) is 4.79 Å². The molecular weight excluding hydrogens is 350 g/mol. The number of aromatic nitrogens is 1. The molecule has 0 spiro atoms. The number of piperidine rings is 1. The van der Waals surface area contributed by atoms with E-state index in [1.807, 2.05) is 37.3 Å². The van der Waals surface area contributed by atoms with Gasteiger partial charge in [-0.3, -0.25) is 4.79 Å². The second-order valence-corrected chi connectivity index (χ2v) is 7.23. The molecule has 1 aliphatic rings. The lowest BCUT2D eigenvalue weighted by Crippen LogP contribution is -2.46. The summed E-state index contributed by atoms with van der Waals surface area (Å²) < 4.78 is 5.02. The standard InChI is InChI=1S/C19H23N3O3S/c1-3-25-19(24)22-11-9-15(10-12-22)21-17(23)16-13(2)20-18(26-16)14-7-5-4-6-8-14/h4-8,15H,3,9-12H2,1-2H3,(H,21,23). The van der Waals surface area contributed by atoms with E-state index in [1.54, 1.807) is 11.8 Å². The monoisotopic (exact) mass is 373 g/mol. The quantitative estimate of drug-likeness (QED) is 0.891. The molecule has 3 rings (SSSR count). The zero-order chi connectivity index (χ0) is 18.5. The predicted molar refractivity (Wildman–Crippen MR) is 101 cm³/mol.